The van der Waals surface area contributed by atoms with E-state index >= 15 is 0 Å². The lowest BCUT2D eigenvalue weighted by atomic mass is 9.91. The number of benzene rings is 3. The fraction of sp³-hybridized carbons (Fsp3) is 0.242. The van der Waals surface area contributed by atoms with E-state index in [0.29, 0.717) is 46.4 Å². The van der Waals surface area contributed by atoms with Gasteiger partial charge in [-0.05, 0) is 59.5 Å². The van der Waals surface area contributed by atoms with Gasteiger partial charge in [0.25, 0.3) is 0 Å². The van der Waals surface area contributed by atoms with Crippen LogP contribution in [0.15, 0.2) is 60.7 Å². The SMILES string of the molecule is CONC(=O)Nc1ccc(-c2sc3c(c2CCl)C(=O)CC(Cc2ccc4c(c2)OCCO4)C(=O)N3Cc2c(F)cccc2F)cc1. The normalized spacial score (nSPS) is 15.7. The van der Waals surface area contributed by atoms with E-state index in [-0.39, 0.29) is 40.6 Å². The summed E-state index contributed by atoms with van der Waals surface area (Å²) < 4.78 is 41.2. The Morgan fingerprint density at radius 1 is 1.02 bits per heavy atom. The molecule has 2 aliphatic rings. The molecule has 2 N–H and O–H groups in total. The fourth-order valence-electron chi connectivity index (χ4n) is 5.63. The average molecular weight is 668 g/mol. The van der Waals surface area contributed by atoms with Crippen molar-refractivity contribution in [1.29, 1.82) is 0 Å². The second-order valence-electron chi connectivity index (χ2n) is 10.7. The Morgan fingerprint density at radius 3 is 2.43 bits per heavy atom. The highest BCUT2D eigenvalue weighted by Gasteiger charge is 2.39. The molecule has 0 bridgehead atoms. The van der Waals surface area contributed by atoms with Crippen LogP contribution in [0.2, 0.25) is 0 Å². The lowest BCUT2D eigenvalue weighted by Crippen LogP contribution is -2.36. The van der Waals surface area contributed by atoms with E-state index in [1.54, 1.807) is 36.4 Å². The van der Waals surface area contributed by atoms with Crippen molar-refractivity contribution in [2.24, 2.45) is 5.92 Å². The van der Waals surface area contributed by atoms with Gasteiger partial charge in [0.1, 0.15) is 29.8 Å². The first-order chi connectivity index (χ1) is 22.3. The smallest absolute Gasteiger partial charge is 0.343 e. The number of Topliss-reactive ketones (excluding diaryl/α,β-unsaturated/α-hetero) is 1. The molecule has 1 atom stereocenters. The lowest BCUT2D eigenvalue weighted by molar-refractivity contribution is -0.122. The largest absolute Gasteiger partial charge is 0.486 e. The molecule has 6 rings (SSSR count). The van der Waals surface area contributed by atoms with Crippen molar-refractivity contribution in [2.75, 3.05) is 30.5 Å². The molecule has 238 valence electrons. The number of ether oxygens (including phenoxy) is 2. The molecule has 1 unspecified atom stereocenters. The second kappa shape index (κ2) is 13.5. The van der Waals surface area contributed by atoms with Crippen molar-refractivity contribution in [2.45, 2.75) is 25.3 Å². The highest BCUT2D eigenvalue weighted by molar-refractivity contribution is 7.20. The Bertz CT molecular complexity index is 1800. The van der Waals surface area contributed by atoms with Gasteiger partial charge in [0.15, 0.2) is 17.3 Å². The first-order valence-electron chi connectivity index (χ1n) is 14.4. The van der Waals surface area contributed by atoms with Gasteiger partial charge in [0.2, 0.25) is 5.91 Å². The Balaban J connectivity index is 1.39. The van der Waals surface area contributed by atoms with Gasteiger partial charge in [-0.2, -0.15) is 0 Å². The molecule has 2 aliphatic heterocycles. The van der Waals surface area contributed by atoms with Crippen LogP contribution in [0.5, 0.6) is 11.5 Å². The highest BCUT2D eigenvalue weighted by Crippen LogP contribution is 2.47. The van der Waals surface area contributed by atoms with E-state index in [1.807, 2.05) is 6.07 Å². The van der Waals surface area contributed by atoms with Gasteiger partial charge in [-0.25, -0.2) is 19.1 Å². The Morgan fingerprint density at radius 2 is 1.74 bits per heavy atom. The third kappa shape index (κ3) is 6.28. The molecule has 3 aromatic carbocycles. The second-order valence-corrected chi connectivity index (χ2v) is 12.0. The summed E-state index contributed by atoms with van der Waals surface area (Å²) >= 11 is 7.62. The minimum absolute atomic E-state index is 0.0495. The molecule has 4 aromatic rings. The number of anilines is 2. The number of carbonyl (C=O) groups excluding carboxylic acids is 3. The van der Waals surface area contributed by atoms with Crippen LogP contribution in [0, 0.1) is 17.6 Å². The maximum absolute atomic E-state index is 15.0. The van der Waals surface area contributed by atoms with Crippen molar-refractivity contribution in [3.05, 3.63) is 94.6 Å². The van der Waals surface area contributed by atoms with Gasteiger partial charge < -0.3 is 14.8 Å². The molecule has 0 aliphatic carbocycles. The number of nitrogens with one attached hydrogen (secondary N) is 2. The van der Waals surface area contributed by atoms with E-state index < -0.39 is 36.0 Å². The number of alkyl halides is 1. The summed E-state index contributed by atoms with van der Waals surface area (Å²) in [5.41, 5.74) is 4.55. The molecule has 9 nitrogen and oxygen atoms in total. The molecule has 3 heterocycles. The number of ketones is 1. The fourth-order valence-corrected chi connectivity index (χ4v) is 7.32. The Hall–Kier alpha value is -4.52. The van der Waals surface area contributed by atoms with Gasteiger partial charge in [-0.3, -0.25) is 19.3 Å². The molecular weight excluding hydrogens is 640 g/mol. The van der Waals surface area contributed by atoms with Crippen LogP contribution in [0.3, 0.4) is 0 Å². The van der Waals surface area contributed by atoms with Crippen molar-refractivity contribution in [3.8, 4) is 21.9 Å². The zero-order valence-electron chi connectivity index (χ0n) is 24.5. The van der Waals surface area contributed by atoms with E-state index in [9.17, 15) is 23.2 Å². The van der Waals surface area contributed by atoms with Crippen molar-refractivity contribution in [1.82, 2.24) is 5.48 Å². The van der Waals surface area contributed by atoms with Gasteiger partial charge >= 0.3 is 6.03 Å². The van der Waals surface area contributed by atoms with Crippen LogP contribution in [0.1, 0.15) is 33.5 Å². The number of hydrogen-bond donors (Lipinski definition) is 2. The number of amides is 3. The number of hydroxylamine groups is 1. The van der Waals surface area contributed by atoms with E-state index in [4.69, 9.17) is 21.1 Å². The van der Waals surface area contributed by atoms with Crippen LogP contribution in [0.4, 0.5) is 24.3 Å². The summed E-state index contributed by atoms with van der Waals surface area (Å²) in [6.45, 7) is 0.406. The standard InChI is InChI=1S/C33H28ClF2N3O6S/c1-43-38-33(42)37-21-8-6-19(7-9-21)30-22(16-34)29-26(40)15-20(13-18-5-10-27-28(14-18)45-12-11-44-27)31(41)39(32(29)46-30)17-23-24(35)3-2-4-25(23)36/h2-10,14,20H,11-13,15-17H2,1H3,(H2,37,38,42). The monoisotopic (exact) mass is 667 g/mol. The molecule has 13 heteroatoms. The van der Waals surface area contributed by atoms with E-state index in [1.165, 1.54) is 18.1 Å². The van der Waals surface area contributed by atoms with E-state index in [2.05, 4.69) is 15.6 Å². The first-order valence-corrected chi connectivity index (χ1v) is 15.7. The van der Waals surface area contributed by atoms with Crippen molar-refractivity contribution < 1.29 is 37.5 Å². The molecule has 0 fully saturated rings. The molecule has 46 heavy (non-hydrogen) atoms. The van der Waals surface area contributed by atoms with Gasteiger partial charge in [-0.1, -0.05) is 24.3 Å². The number of nitrogens with zero attached hydrogens (tertiary/aromatic N) is 1. The maximum Gasteiger partial charge on any atom is 0.343 e. The van der Waals surface area contributed by atoms with E-state index in [0.717, 1.165) is 29.0 Å². The molecule has 0 radical (unpaired) electrons. The summed E-state index contributed by atoms with van der Waals surface area (Å²) in [4.78, 5) is 46.7. The first kappa shape index (κ1) is 31.5. The number of fused-ring (bicyclic) bond motifs is 2. The number of carbonyl (C=O) groups is 3. The maximum atomic E-state index is 15.0. The molecule has 0 spiro atoms. The summed E-state index contributed by atoms with van der Waals surface area (Å²) in [7, 11) is 1.31. The number of rotatable bonds is 8. The summed E-state index contributed by atoms with van der Waals surface area (Å²) in [5, 5.41) is 2.89. The molecular formula is C33H28ClF2N3O6S. The molecule has 1 aromatic heterocycles. The zero-order chi connectivity index (χ0) is 32.4. The van der Waals surface area contributed by atoms with Crippen LogP contribution in [-0.4, -0.2) is 38.0 Å². The van der Waals surface area contributed by atoms with Crippen molar-refractivity contribution >= 4 is 51.3 Å². The zero-order valence-corrected chi connectivity index (χ0v) is 26.1. The number of hydrogen-bond acceptors (Lipinski definition) is 7. The Kier molecular flexibility index (Phi) is 9.20. The molecule has 3 amide bonds. The predicted molar refractivity (Wildman–Crippen MR) is 170 cm³/mol. The Labute approximate surface area is 272 Å². The lowest BCUT2D eigenvalue weighted by Gasteiger charge is -2.25. The van der Waals surface area contributed by atoms with Crippen LogP contribution in [0.25, 0.3) is 10.4 Å². The van der Waals surface area contributed by atoms with Crippen molar-refractivity contribution in [3.63, 3.8) is 0 Å². The predicted octanol–water partition coefficient (Wildman–Crippen LogP) is 6.86. The van der Waals surface area contributed by atoms with Gasteiger partial charge in [0.05, 0.1) is 19.2 Å². The highest BCUT2D eigenvalue weighted by atomic mass is 35.5. The molecule has 0 saturated carbocycles. The van der Waals surface area contributed by atoms with Gasteiger partial charge in [0, 0.05) is 34.3 Å². The number of urea groups is 1. The third-order valence-electron chi connectivity index (χ3n) is 7.76. The molecule has 0 saturated heterocycles. The summed E-state index contributed by atoms with van der Waals surface area (Å²) in [6, 6.07) is 15.1. The van der Waals surface area contributed by atoms with Crippen LogP contribution in [-0.2, 0) is 28.5 Å². The summed E-state index contributed by atoms with van der Waals surface area (Å²) in [5.74, 6) is -2.07. The topological polar surface area (TPSA) is 106 Å². The number of halogens is 3. The minimum atomic E-state index is -0.820. The van der Waals surface area contributed by atoms with Crippen LogP contribution >= 0.6 is 22.9 Å². The number of thiophene rings is 1. The average Bonchev–Trinajstić information content (AvgIpc) is 3.40. The van der Waals surface area contributed by atoms with Gasteiger partial charge in [-0.15, -0.1) is 22.9 Å². The van der Waals surface area contributed by atoms with Crippen LogP contribution < -0.4 is 25.2 Å². The quantitative estimate of drug-likeness (QED) is 0.157. The third-order valence-corrected chi connectivity index (χ3v) is 9.33. The summed E-state index contributed by atoms with van der Waals surface area (Å²) in [6.07, 6.45) is 0.0641. The minimum Gasteiger partial charge on any atom is -0.486 e.